The van der Waals surface area contributed by atoms with E-state index in [0.717, 1.165) is 48.2 Å². The van der Waals surface area contributed by atoms with Crippen LogP contribution in [0.4, 0.5) is 4.39 Å². The van der Waals surface area contributed by atoms with E-state index in [1.807, 2.05) is 36.5 Å². The third-order valence-corrected chi connectivity index (χ3v) is 5.11. The minimum absolute atomic E-state index is 0.116. The molecule has 1 aliphatic carbocycles. The number of carbonyl (C=O) groups is 1. The van der Waals surface area contributed by atoms with Gasteiger partial charge in [0.05, 0.1) is 11.4 Å². The smallest absolute Gasteiger partial charge is 0.223 e. The Morgan fingerprint density at radius 1 is 1.07 bits per heavy atom. The largest absolute Gasteiger partial charge is 0.352 e. The van der Waals surface area contributed by atoms with Gasteiger partial charge in [0, 0.05) is 29.8 Å². The molecule has 3 aromatic rings. The van der Waals surface area contributed by atoms with Gasteiger partial charge in [-0.05, 0) is 49.2 Å². The zero-order valence-electron chi connectivity index (χ0n) is 15.1. The predicted molar refractivity (Wildman–Crippen MR) is 103 cm³/mol. The van der Waals surface area contributed by atoms with Gasteiger partial charge in [0.15, 0.2) is 0 Å². The second-order valence-electron chi connectivity index (χ2n) is 6.99. The summed E-state index contributed by atoms with van der Waals surface area (Å²) in [5.41, 5.74) is 3.44. The molecule has 0 aliphatic heterocycles. The molecule has 1 aromatic heterocycles. The number of nitrogens with zero attached hydrogens (tertiary/aromatic N) is 2. The number of carbonyl (C=O) groups excluding carboxylic acids is 1. The average Bonchev–Trinajstić information content (AvgIpc) is 3.38. The summed E-state index contributed by atoms with van der Waals surface area (Å²) in [7, 11) is 0. The number of hydrogen-bond donors (Lipinski definition) is 1. The summed E-state index contributed by atoms with van der Waals surface area (Å²) in [5.74, 6) is -0.0363. The Morgan fingerprint density at radius 2 is 1.78 bits per heavy atom. The molecular formula is C22H22FN3O. The Bertz CT molecular complexity index is 912. The van der Waals surface area contributed by atoms with E-state index < -0.39 is 0 Å². The van der Waals surface area contributed by atoms with Gasteiger partial charge >= 0.3 is 0 Å². The van der Waals surface area contributed by atoms with Crippen molar-refractivity contribution in [3.8, 4) is 16.9 Å². The SMILES string of the molecule is O=C(NCc1cn(-c2ccccc2)nc1-c1ccc(F)cc1)C1CCCC1. The van der Waals surface area contributed by atoms with Crippen LogP contribution in [0.5, 0.6) is 0 Å². The molecule has 0 atom stereocenters. The maximum atomic E-state index is 13.3. The minimum Gasteiger partial charge on any atom is -0.352 e. The van der Waals surface area contributed by atoms with Gasteiger partial charge in [0.1, 0.15) is 5.82 Å². The molecule has 4 nitrogen and oxygen atoms in total. The average molecular weight is 363 g/mol. The summed E-state index contributed by atoms with van der Waals surface area (Å²) in [5, 5.41) is 7.76. The molecule has 27 heavy (non-hydrogen) atoms. The lowest BCUT2D eigenvalue weighted by Gasteiger charge is -2.10. The van der Waals surface area contributed by atoms with Crippen LogP contribution in [0.3, 0.4) is 0 Å². The van der Waals surface area contributed by atoms with Gasteiger partial charge < -0.3 is 5.32 Å². The number of nitrogens with one attached hydrogen (secondary N) is 1. The van der Waals surface area contributed by atoms with Crippen molar-refractivity contribution in [1.29, 1.82) is 0 Å². The highest BCUT2D eigenvalue weighted by Crippen LogP contribution is 2.26. The van der Waals surface area contributed by atoms with Crippen LogP contribution in [-0.2, 0) is 11.3 Å². The van der Waals surface area contributed by atoms with E-state index in [2.05, 4.69) is 5.32 Å². The van der Waals surface area contributed by atoms with Crippen LogP contribution in [0.2, 0.25) is 0 Å². The maximum absolute atomic E-state index is 13.3. The van der Waals surface area contributed by atoms with Gasteiger partial charge in [-0.2, -0.15) is 5.10 Å². The molecule has 0 spiro atoms. The quantitative estimate of drug-likeness (QED) is 0.726. The van der Waals surface area contributed by atoms with E-state index in [9.17, 15) is 9.18 Å². The molecule has 1 heterocycles. The molecule has 2 aromatic carbocycles. The van der Waals surface area contributed by atoms with Crippen molar-refractivity contribution in [3.05, 3.63) is 72.2 Å². The fraction of sp³-hybridized carbons (Fsp3) is 0.273. The number of rotatable bonds is 5. The number of hydrogen-bond acceptors (Lipinski definition) is 2. The Morgan fingerprint density at radius 3 is 2.48 bits per heavy atom. The molecule has 1 N–H and O–H groups in total. The minimum atomic E-state index is -0.280. The first-order valence-corrected chi connectivity index (χ1v) is 9.38. The Hall–Kier alpha value is -2.95. The van der Waals surface area contributed by atoms with E-state index in [-0.39, 0.29) is 17.6 Å². The molecule has 0 radical (unpaired) electrons. The van der Waals surface area contributed by atoms with E-state index >= 15 is 0 Å². The van der Waals surface area contributed by atoms with Crippen molar-refractivity contribution in [2.24, 2.45) is 5.92 Å². The van der Waals surface area contributed by atoms with E-state index in [4.69, 9.17) is 5.10 Å². The number of aromatic nitrogens is 2. The van der Waals surface area contributed by atoms with Crippen molar-refractivity contribution in [1.82, 2.24) is 15.1 Å². The van der Waals surface area contributed by atoms with Crippen LogP contribution in [0.25, 0.3) is 16.9 Å². The van der Waals surface area contributed by atoms with Crippen LogP contribution in [0.15, 0.2) is 60.8 Å². The summed E-state index contributed by atoms with van der Waals surface area (Å²) in [6.07, 6.45) is 6.14. The lowest BCUT2D eigenvalue weighted by atomic mass is 10.1. The van der Waals surface area contributed by atoms with Gasteiger partial charge in [-0.15, -0.1) is 0 Å². The molecule has 4 rings (SSSR count). The predicted octanol–water partition coefficient (Wildman–Crippen LogP) is 4.48. The van der Waals surface area contributed by atoms with Crippen molar-refractivity contribution in [2.75, 3.05) is 0 Å². The van der Waals surface area contributed by atoms with Crippen molar-refractivity contribution < 1.29 is 9.18 Å². The van der Waals surface area contributed by atoms with Crippen LogP contribution in [0, 0.1) is 11.7 Å². The van der Waals surface area contributed by atoms with Gasteiger partial charge in [-0.25, -0.2) is 9.07 Å². The molecule has 0 saturated heterocycles. The lowest BCUT2D eigenvalue weighted by Crippen LogP contribution is -2.28. The standard InChI is InChI=1S/C22H22FN3O/c23-19-12-10-16(11-13-19)21-18(14-24-22(27)17-6-4-5-7-17)15-26(25-21)20-8-2-1-3-9-20/h1-3,8-13,15,17H,4-7,14H2,(H,24,27). The summed E-state index contributed by atoms with van der Waals surface area (Å²) in [6.45, 7) is 0.412. The Balaban J connectivity index is 1.62. The molecule has 5 heteroatoms. The first-order chi connectivity index (χ1) is 13.2. The molecule has 0 bridgehead atoms. The van der Waals surface area contributed by atoms with Crippen molar-refractivity contribution in [2.45, 2.75) is 32.2 Å². The third kappa shape index (κ3) is 3.92. The lowest BCUT2D eigenvalue weighted by molar-refractivity contribution is -0.124. The van der Waals surface area contributed by atoms with Gasteiger partial charge in [-0.1, -0.05) is 31.0 Å². The topological polar surface area (TPSA) is 46.9 Å². The summed E-state index contributed by atoms with van der Waals surface area (Å²) < 4.78 is 15.1. The molecule has 1 fully saturated rings. The number of halogens is 1. The number of amides is 1. The number of para-hydroxylation sites is 1. The van der Waals surface area contributed by atoms with Gasteiger partial charge in [0.2, 0.25) is 5.91 Å². The van der Waals surface area contributed by atoms with E-state index in [0.29, 0.717) is 6.54 Å². The molecule has 1 aliphatic rings. The van der Waals surface area contributed by atoms with Crippen LogP contribution in [-0.4, -0.2) is 15.7 Å². The van der Waals surface area contributed by atoms with E-state index in [1.165, 1.54) is 12.1 Å². The highest BCUT2D eigenvalue weighted by molar-refractivity contribution is 5.79. The fourth-order valence-corrected chi connectivity index (χ4v) is 3.62. The Kier molecular flexibility index (Phi) is 5.01. The fourth-order valence-electron chi connectivity index (χ4n) is 3.62. The molecule has 0 unspecified atom stereocenters. The van der Waals surface area contributed by atoms with Crippen LogP contribution < -0.4 is 5.32 Å². The third-order valence-electron chi connectivity index (χ3n) is 5.11. The molecule has 138 valence electrons. The monoisotopic (exact) mass is 363 g/mol. The second-order valence-corrected chi connectivity index (χ2v) is 6.99. The molecule has 1 amide bonds. The van der Waals surface area contributed by atoms with Crippen LogP contribution in [0.1, 0.15) is 31.2 Å². The van der Waals surface area contributed by atoms with Gasteiger partial charge in [-0.3, -0.25) is 4.79 Å². The summed E-state index contributed by atoms with van der Waals surface area (Å²) in [4.78, 5) is 12.4. The van der Waals surface area contributed by atoms with Crippen molar-refractivity contribution in [3.63, 3.8) is 0 Å². The highest BCUT2D eigenvalue weighted by atomic mass is 19.1. The summed E-state index contributed by atoms with van der Waals surface area (Å²) >= 11 is 0. The summed E-state index contributed by atoms with van der Waals surface area (Å²) in [6, 6.07) is 16.1. The number of benzene rings is 2. The zero-order chi connectivity index (χ0) is 18.6. The highest BCUT2D eigenvalue weighted by Gasteiger charge is 2.23. The molecular weight excluding hydrogens is 341 g/mol. The first-order valence-electron chi connectivity index (χ1n) is 9.38. The van der Waals surface area contributed by atoms with Crippen LogP contribution >= 0.6 is 0 Å². The Labute approximate surface area is 158 Å². The van der Waals surface area contributed by atoms with Gasteiger partial charge in [0.25, 0.3) is 0 Å². The first kappa shape index (κ1) is 17.5. The normalized spacial score (nSPS) is 14.4. The zero-order valence-corrected chi connectivity index (χ0v) is 15.1. The molecule has 1 saturated carbocycles. The van der Waals surface area contributed by atoms with Crippen molar-refractivity contribution >= 4 is 5.91 Å². The van der Waals surface area contributed by atoms with E-state index in [1.54, 1.807) is 16.8 Å². The maximum Gasteiger partial charge on any atom is 0.223 e. The second kappa shape index (κ2) is 7.74.